The third kappa shape index (κ3) is 7.31. The molecule has 2 heteroatoms. The molecule has 0 amide bonds. The number of ketones is 1. The van der Waals surface area contributed by atoms with E-state index in [4.69, 9.17) is 4.74 Å². The quantitative estimate of drug-likeness (QED) is 0.560. The molecule has 118 valence electrons. The fraction of sp³-hybridized carbons (Fsp3) is 0.632. The molecule has 0 aliphatic heterocycles. The first-order chi connectivity index (χ1) is 10.0. The van der Waals surface area contributed by atoms with Gasteiger partial charge in [-0.2, -0.15) is 0 Å². The highest BCUT2D eigenvalue weighted by Crippen LogP contribution is 2.22. The molecular formula is C19H30O2. The van der Waals surface area contributed by atoms with E-state index in [1.807, 2.05) is 0 Å². The van der Waals surface area contributed by atoms with Crippen LogP contribution in [0.2, 0.25) is 0 Å². The van der Waals surface area contributed by atoms with Crippen LogP contribution in [0.1, 0.15) is 64.0 Å². The molecule has 0 heterocycles. The van der Waals surface area contributed by atoms with Crippen LogP contribution in [0.25, 0.3) is 0 Å². The monoisotopic (exact) mass is 290 g/mol. The van der Waals surface area contributed by atoms with Gasteiger partial charge in [0.25, 0.3) is 0 Å². The van der Waals surface area contributed by atoms with E-state index < -0.39 is 0 Å². The van der Waals surface area contributed by atoms with E-state index in [1.54, 1.807) is 6.92 Å². The number of Topliss-reactive ketones (excluding diaryl/α,β-unsaturated/α-hetero) is 1. The lowest BCUT2D eigenvalue weighted by molar-refractivity contribution is -0.117. The lowest BCUT2D eigenvalue weighted by atomic mass is 10.0. The Morgan fingerprint density at radius 1 is 1.24 bits per heavy atom. The third-order valence-electron chi connectivity index (χ3n) is 3.97. The first-order valence-electron chi connectivity index (χ1n) is 8.24. The summed E-state index contributed by atoms with van der Waals surface area (Å²) >= 11 is 0. The number of unbranched alkanes of at least 4 members (excludes halogenated alkanes) is 2. The van der Waals surface area contributed by atoms with Gasteiger partial charge in [0.1, 0.15) is 11.5 Å². The van der Waals surface area contributed by atoms with Crippen molar-refractivity contribution in [3.8, 4) is 5.75 Å². The van der Waals surface area contributed by atoms with Crippen molar-refractivity contribution in [2.24, 2.45) is 5.92 Å². The Labute approximate surface area is 129 Å². The van der Waals surface area contributed by atoms with Gasteiger partial charge >= 0.3 is 0 Å². The minimum absolute atomic E-state index is 0.297. The molecule has 0 aliphatic carbocycles. The van der Waals surface area contributed by atoms with Crippen LogP contribution in [0.4, 0.5) is 0 Å². The minimum Gasteiger partial charge on any atom is -0.493 e. The highest BCUT2D eigenvalue weighted by molar-refractivity contribution is 5.75. The van der Waals surface area contributed by atoms with Crippen LogP contribution in [0.15, 0.2) is 18.2 Å². The average molecular weight is 290 g/mol. The van der Waals surface area contributed by atoms with E-state index in [9.17, 15) is 4.79 Å². The molecule has 0 bridgehead atoms. The van der Waals surface area contributed by atoms with Gasteiger partial charge in [-0.3, -0.25) is 0 Å². The molecule has 1 aromatic rings. The van der Waals surface area contributed by atoms with E-state index in [0.717, 1.165) is 50.9 Å². The Hall–Kier alpha value is -1.31. The smallest absolute Gasteiger partial charge is 0.129 e. The van der Waals surface area contributed by atoms with Gasteiger partial charge in [0.15, 0.2) is 0 Å². The number of rotatable bonds is 10. The molecule has 0 radical (unpaired) electrons. The second-order valence-corrected chi connectivity index (χ2v) is 6.19. The van der Waals surface area contributed by atoms with Crippen LogP contribution < -0.4 is 4.74 Å². The molecule has 1 rings (SSSR count). The van der Waals surface area contributed by atoms with Crippen molar-refractivity contribution in [3.63, 3.8) is 0 Å². The summed E-state index contributed by atoms with van der Waals surface area (Å²) in [5, 5.41) is 0. The van der Waals surface area contributed by atoms with Crippen LogP contribution in [-0.2, 0) is 11.2 Å². The Morgan fingerprint density at radius 2 is 2.00 bits per heavy atom. The Morgan fingerprint density at radius 3 is 2.67 bits per heavy atom. The molecule has 21 heavy (non-hydrogen) atoms. The Kier molecular flexibility index (Phi) is 8.11. The van der Waals surface area contributed by atoms with Crippen molar-refractivity contribution in [2.45, 2.75) is 66.2 Å². The molecule has 1 atom stereocenters. The molecular weight excluding hydrogens is 260 g/mol. The van der Waals surface area contributed by atoms with E-state index >= 15 is 0 Å². The van der Waals surface area contributed by atoms with Gasteiger partial charge in [0.2, 0.25) is 0 Å². The normalized spacial score (nSPS) is 12.2. The van der Waals surface area contributed by atoms with Gasteiger partial charge in [-0.25, -0.2) is 0 Å². The number of carbonyl (C=O) groups excluding carboxylic acids is 1. The molecule has 0 fully saturated rings. The van der Waals surface area contributed by atoms with Crippen LogP contribution in [0, 0.1) is 12.8 Å². The standard InChI is InChI=1S/C19H30O2/c1-5-15(2)14-21-19-13-18(12-11-16(19)3)10-8-6-7-9-17(4)20/h11-13,15H,5-10,14H2,1-4H3. The summed E-state index contributed by atoms with van der Waals surface area (Å²) in [6.45, 7) is 8.97. The van der Waals surface area contributed by atoms with Crippen molar-refractivity contribution in [2.75, 3.05) is 6.61 Å². The minimum atomic E-state index is 0.297. The molecule has 1 unspecified atom stereocenters. The summed E-state index contributed by atoms with van der Waals surface area (Å²) < 4.78 is 5.94. The van der Waals surface area contributed by atoms with Gasteiger partial charge in [-0.1, -0.05) is 38.8 Å². The molecule has 1 aromatic carbocycles. The largest absolute Gasteiger partial charge is 0.493 e. The summed E-state index contributed by atoms with van der Waals surface area (Å²) in [5.74, 6) is 1.92. The second-order valence-electron chi connectivity index (χ2n) is 6.19. The van der Waals surface area contributed by atoms with Crippen molar-refractivity contribution in [3.05, 3.63) is 29.3 Å². The van der Waals surface area contributed by atoms with E-state index in [0.29, 0.717) is 11.7 Å². The van der Waals surface area contributed by atoms with Gasteiger partial charge < -0.3 is 9.53 Å². The zero-order valence-corrected chi connectivity index (χ0v) is 14.1. The summed E-state index contributed by atoms with van der Waals surface area (Å²) in [7, 11) is 0. The van der Waals surface area contributed by atoms with Crippen LogP contribution in [0.5, 0.6) is 5.75 Å². The summed E-state index contributed by atoms with van der Waals surface area (Å²) in [6, 6.07) is 6.52. The van der Waals surface area contributed by atoms with Gasteiger partial charge in [0, 0.05) is 6.42 Å². The summed E-state index contributed by atoms with van der Waals surface area (Å²) in [4.78, 5) is 10.9. The molecule has 0 aliphatic rings. The SMILES string of the molecule is CCC(C)COc1cc(CCCCCC(C)=O)ccc1C. The number of benzene rings is 1. The first-order valence-corrected chi connectivity index (χ1v) is 8.24. The maximum Gasteiger partial charge on any atom is 0.129 e. The molecule has 0 aromatic heterocycles. The molecule has 2 nitrogen and oxygen atoms in total. The van der Waals surface area contributed by atoms with Crippen LogP contribution >= 0.6 is 0 Å². The second kappa shape index (κ2) is 9.59. The molecule has 0 saturated heterocycles. The van der Waals surface area contributed by atoms with Crippen molar-refractivity contribution >= 4 is 5.78 Å². The third-order valence-corrected chi connectivity index (χ3v) is 3.97. The maximum absolute atomic E-state index is 10.9. The Bertz CT molecular complexity index is 437. The Balaban J connectivity index is 2.43. The fourth-order valence-electron chi connectivity index (χ4n) is 2.19. The zero-order chi connectivity index (χ0) is 15.7. The predicted molar refractivity (Wildman–Crippen MR) is 89.0 cm³/mol. The number of ether oxygens (including phenoxy) is 1. The van der Waals surface area contributed by atoms with Crippen LogP contribution in [-0.4, -0.2) is 12.4 Å². The maximum atomic E-state index is 10.9. The lowest BCUT2D eigenvalue weighted by Crippen LogP contribution is -2.08. The van der Waals surface area contributed by atoms with Gasteiger partial charge in [0.05, 0.1) is 6.61 Å². The number of hydrogen-bond donors (Lipinski definition) is 0. The topological polar surface area (TPSA) is 26.3 Å². The van der Waals surface area contributed by atoms with Crippen molar-refractivity contribution in [1.29, 1.82) is 0 Å². The van der Waals surface area contributed by atoms with Crippen molar-refractivity contribution in [1.82, 2.24) is 0 Å². The zero-order valence-electron chi connectivity index (χ0n) is 14.1. The van der Waals surface area contributed by atoms with Gasteiger partial charge in [-0.05, 0) is 56.2 Å². The van der Waals surface area contributed by atoms with E-state index in [-0.39, 0.29) is 0 Å². The van der Waals surface area contributed by atoms with E-state index in [1.165, 1.54) is 11.1 Å². The van der Waals surface area contributed by atoms with Crippen molar-refractivity contribution < 1.29 is 9.53 Å². The van der Waals surface area contributed by atoms with Crippen LogP contribution in [0.3, 0.4) is 0 Å². The lowest BCUT2D eigenvalue weighted by Gasteiger charge is -2.14. The highest BCUT2D eigenvalue weighted by Gasteiger charge is 2.05. The number of aryl methyl sites for hydroxylation is 2. The van der Waals surface area contributed by atoms with E-state index in [2.05, 4.69) is 39.0 Å². The van der Waals surface area contributed by atoms with Gasteiger partial charge in [-0.15, -0.1) is 0 Å². The summed E-state index contributed by atoms with van der Waals surface area (Å²) in [6.07, 6.45) is 6.21. The first kappa shape index (κ1) is 17.7. The summed E-state index contributed by atoms with van der Waals surface area (Å²) in [5.41, 5.74) is 2.54. The number of carbonyl (C=O) groups is 1. The molecule has 0 spiro atoms. The highest BCUT2D eigenvalue weighted by atomic mass is 16.5. The molecule has 0 saturated carbocycles. The number of hydrogen-bond acceptors (Lipinski definition) is 2. The molecule has 0 N–H and O–H groups in total. The average Bonchev–Trinajstić information content (AvgIpc) is 2.46. The predicted octanol–water partition coefficient (Wildman–Crippen LogP) is 5.11. The fourth-order valence-corrected chi connectivity index (χ4v) is 2.19.